The van der Waals surface area contributed by atoms with Crippen molar-refractivity contribution in [2.75, 3.05) is 13.7 Å². The van der Waals surface area contributed by atoms with Gasteiger partial charge in [-0.2, -0.15) is 0 Å². The van der Waals surface area contributed by atoms with Crippen molar-refractivity contribution in [3.63, 3.8) is 0 Å². The summed E-state index contributed by atoms with van der Waals surface area (Å²) in [5, 5.41) is 7.91. The molecule has 6 nitrogen and oxygen atoms in total. The molecule has 110 valence electrons. The first-order valence-electron chi connectivity index (χ1n) is 6.01. The fourth-order valence-electron chi connectivity index (χ4n) is 1.77. The van der Waals surface area contributed by atoms with Gasteiger partial charge < -0.3 is 10.1 Å². The molecule has 1 aliphatic rings. The van der Waals surface area contributed by atoms with Crippen LogP contribution in [0.4, 0.5) is 0 Å². The van der Waals surface area contributed by atoms with Gasteiger partial charge in [0.15, 0.2) is 5.75 Å². The third-order valence-corrected chi connectivity index (χ3v) is 4.54. The number of hydrogen-bond acceptors (Lipinski definition) is 4. The number of hydrogen-bond donors (Lipinski definition) is 2. The first-order chi connectivity index (χ1) is 9.32. The van der Waals surface area contributed by atoms with E-state index in [1.54, 1.807) is 0 Å². The molecule has 0 atom stereocenters. The van der Waals surface area contributed by atoms with E-state index in [4.69, 9.17) is 9.88 Å². The molecule has 0 unspecified atom stereocenters. The smallest absolute Gasteiger partial charge is 0.251 e. The average Bonchev–Trinajstić information content (AvgIpc) is 3.17. The number of carbonyl (C=O) groups excluding carboxylic acids is 1. The van der Waals surface area contributed by atoms with Crippen molar-refractivity contribution in [1.82, 2.24) is 5.32 Å². The Labute approximate surface area is 125 Å². The van der Waals surface area contributed by atoms with Crippen LogP contribution in [-0.2, 0) is 10.0 Å². The lowest BCUT2D eigenvalue weighted by atomic mass is 10.2. The topological polar surface area (TPSA) is 98.5 Å². The van der Waals surface area contributed by atoms with Gasteiger partial charge in [-0.1, -0.05) is 0 Å². The Hall–Kier alpha value is -1.12. The molecule has 0 spiro atoms. The number of nitrogens with two attached hydrogens (primary N) is 1. The molecule has 1 aliphatic carbocycles. The normalized spacial score (nSPS) is 14.9. The van der Waals surface area contributed by atoms with E-state index in [9.17, 15) is 13.2 Å². The van der Waals surface area contributed by atoms with Crippen molar-refractivity contribution >= 4 is 31.9 Å². The second-order valence-electron chi connectivity index (χ2n) is 4.69. The highest BCUT2D eigenvalue weighted by Gasteiger charge is 2.24. The highest BCUT2D eigenvalue weighted by molar-refractivity contribution is 9.10. The molecular formula is C12H15BrN2O4S. The van der Waals surface area contributed by atoms with E-state index in [0.29, 0.717) is 16.9 Å². The molecule has 1 saturated carbocycles. The Kier molecular flexibility index (Phi) is 4.36. The summed E-state index contributed by atoms with van der Waals surface area (Å²) in [6, 6.07) is 2.73. The summed E-state index contributed by atoms with van der Waals surface area (Å²) >= 11 is 3.19. The van der Waals surface area contributed by atoms with Gasteiger partial charge in [-0.05, 0) is 46.8 Å². The van der Waals surface area contributed by atoms with Crippen LogP contribution in [0.2, 0.25) is 0 Å². The molecule has 0 heterocycles. The monoisotopic (exact) mass is 362 g/mol. The summed E-state index contributed by atoms with van der Waals surface area (Å²) in [6.07, 6.45) is 2.24. The van der Waals surface area contributed by atoms with Gasteiger partial charge in [0.25, 0.3) is 5.91 Å². The Bertz CT molecular complexity index is 641. The predicted octanol–water partition coefficient (Wildman–Crippen LogP) is 1.24. The van der Waals surface area contributed by atoms with Crippen LogP contribution < -0.4 is 15.2 Å². The van der Waals surface area contributed by atoms with Gasteiger partial charge in [-0.15, -0.1) is 0 Å². The number of primary sulfonamides is 1. The number of ether oxygens (including phenoxy) is 1. The van der Waals surface area contributed by atoms with Crippen LogP contribution in [-0.4, -0.2) is 28.0 Å². The van der Waals surface area contributed by atoms with Crippen molar-refractivity contribution < 1.29 is 17.9 Å². The van der Waals surface area contributed by atoms with Crippen LogP contribution in [0, 0.1) is 5.92 Å². The molecular weight excluding hydrogens is 348 g/mol. The molecule has 20 heavy (non-hydrogen) atoms. The number of sulfonamides is 1. The van der Waals surface area contributed by atoms with Crippen LogP contribution in [0.5, 0.6) is 5.75 Å². The standard InChI is InChI=1S/C12H15BrN2O4S/c1-19-11-9(13)4-8(5-10(11)20(14,17)18)12(16)15-6-7-2-3-7/h4-5,7H,2-3,6H2,1H3,(H,15,16)(H2,14,17,18). The van der Waals surface area contributed by atoms with E-state index < -0.39 is 10.0 Å². The molecule has 1 amide bonds. The molecule has 3 N–H and O–H groups in total. The second-order valence-corrected chi connectivity index (χ2v) is 7.07. The number of amides is 1. The lowest BCUT2D eigenvalue weighted by molar-refractivity contribution is 0.0951. The largest absolute Gasteiger partial charge is 0.494 e. The molecule has 1 aromatic carbocycles. The molecule has 0 bridgehead atoms. The first kappa shape index (κ1) is 15.3. The zero-order valence-corrected chi connectivity index (χ0v) is 13.3. The summed E-state index contributed by atoms with van der Waals surface area (Å²) < 4.78 is 28.5. The SMILES string of the molecule is COc1c(Br)cc(C(=O)NCC2CC2)cc1S(N)(=O)=O. The fourth-order valence-corrected chi connectivity index (χ4v) is 3.27. The highest BCUT2D eigenvalue weighted by Crippen LogP contribution is 2.33. The minimum absolute atomic E-state index is 0.0891. The van der Waals surface area contributed by atoms with Crippen molar-refractivity contribution in [3.8, 4) is 5.75 Å². The van der Waals surface area contributed by atoms with Crippen LogP contribution in [0.3, 0.4) is 0 Å². The number of carbonyl (C=O) groups is 1. The van der Waals surface area contributed by atoms with Gasteiger partial charge in [0.1, 0.15) is 4.90 Å². The zero-order chi connectivity index (χ0) is 14.9. The van der Waals surface area contributed by atoms with Gasteiger partial charge in [-0.3, -0.25) is 4.79 Å². The number of nitrogens with one attached hydrogen (secondary N) is 1. The number of benzene rings is 1. The Balaban J connectivity index is 2.34. The fraction of sp³-hybridized carbons (Fsp3) is 0.417. The zero-order valence-electron chi connectivity index (χ0n) is 10.8. The maximum absolute atomic E-state index is 12.0. The predicted molar refractivity (Wildman–Crippen MR) is 77.1 cm³/mol. The van der Waals surface area contributed by atoms with Gasteiger partial charge in [0.2, 0.25) is 10.0 Å². The summed E-state index contributed by atoms with van der Waals surface area (Å²) in [7, 11) is -2.64. The summed E-state index contributed by atoms with van der Waals surface area (Å²) in [5.41, 5.74) is 0.224. The van der Waals surface area contributed by atoms with Gasteiger partial charge in [0, 0.05) is 12.1 Å². The summed E-state index contributed by atoms with van der Waals surface area (Å²) in [5.74, 6) is 0.301. The molecule has 8 heteroatoms. The Morgan fingerprint density at radius 2 is 2.15 bits per heavy atom. The third kappa shape index (κ3) is 3.50. The maximum Gasteiger partial charge on any atom is 0.251 e. The van der Waals surface area contributed by atoms with Crippen LogP contribution in [0.15, 0.2) is 21.5 Å². The molecule has 0 aromatic heterocycles. The number of methoxy groups -OCH3 is 1. The Morgan fingerprint density at radius 1 is 1.50 bits per heavy atom. The van der Waals surface area contributed by atoms with Crippen LogP contribution in [0.1, 0.15) is 23.2 Å². The average molecular weight is 363 g/mol. The van der Waals surface area contributed by atoms with Gasteiger partial charge >= 0.3 is 0 Å². The molecule has 2 rings (SSSR count). The highest BCUT2D eigenvalue weighted by atomic mass is 79.9. The third-order valence-electron chi connectivity index (χ3n) is 3.03. The van der Waals surface area contributed by atoms with E-state index >= 15 is 0 Å². The molecule has 1 aromatic rings. The van der Waals surface area contributed by atoms with Crippen LogP contribution >= 0.6 is 15.9 Å². The quantitative estimate of drug-likeness (QED) is 0.823. The lowest BCUT2D eigenvalue weighted by Crippen LogP contribution is -2.26. The van der Waals surface area contributed by atoms with Gasteiger partial charge in [-0.25, -0.2) is 13.6 Å². The summed E-state index contributed by atoms with van der Waals surface area (Å²) in [4.78, 5) is 11.8. The van der Waals surface area contributed by atoms with E-state index in [1.807, 2.05) is 0 Å². The van der Waals surface area contributed by atoms with E-state index in [2.05, 4.69) is 21.2 Å². The number of halogens is 1. The molecule has 0 radical (unpaired) electrons. The lowest BCUT2D eigenvalue weighted by Gasteiger charge is -2.11. The molecule has 0 aliphatic heterocycles. The summed E-state index contributed by atoms with van der Waals surface area (Å²) in [6.45, 7) is 0.604. The van der Waals surface area contributed by atoms with E-state index in [0.717, 1.165) is 12.8 Å². The molecule has 0 saturated heterocycles. The second kappa shape index (κ2) is 5.71. The van der Waals surface area contributed by atoms with Crippen molar-refractivity contribution in [1.29, 1.82) is 0 Å². The van der Waals surface area contributed by atoms with Crippen molar-refractivity contribution in [2.45, 2.75) is 17.7 Å². The molecule has 1 fully saturated rings. The minimum atomic E-state index is -3.98. The van der Waals surface area contributed by atoms with Crippen molar-refractivity contribution in [2.24, 2.45) is 11.1 Å². The van der Waals surface area contributed by atoms with Crippen LogP contribution in [0.25, 0.3) is 0 Å². The van der Waals surface area contributed by atoms with E-state index in [1.165, 1.54) is 19.2 Å². The first-order valence-corrected chi connectivity index (χ1v) is 8.35. The Morgan fingerprint density at radius 3 is 2.65 bits per heavy atom. The van der Waals surface area contributed by atoms with Gasteiger partial charge in [0.05, 0.1) is 11.6 Å². The maximum atomic E-state index is 12.0. The van der Waals surface area contributed by atoms with Crippen molar-refractivity contribution in [3.05, 3.63) is 22.2 Å². The van der Waals surface area contributed by atoms with E-state index in [-0.39, 0.29) is 22.1 Å². The number of rotatable bonds is 5. The minimum Gasteiger partial charge on any atom is -0.494 e.